The number of para-hydroxylation sites is 1. The monoisotopic (exact) mass is 318 g/mol. The van der Waals surface area contributed by atoms with Crippen molar-refractivity contribution in [2.75, 3.05) is 13.2 Å². The summed E-state index contributed by atoms with van der Waals surface area (Å²) in [4.78, 5) is 0.196. The standard InChI is InChI=1S/C17H18O4S/c1-13-6-8-15(9-7-13)22(18,19)21-11-10-14-12-20-17-5-3-2-4-16(14)17/h2-9,14H,10-12H2,1H3. The van der Waals surface area contributed by atoms with Crippen LogP contribution in [0.2, 0.25) is 0 Å². The van der Waals surface area contributed by atoms with Crippen molar-refractivity contribution in [3.63, 3.8) is 0 Å². The molecule has 0 amide bonds. The fourth-order valence-corrected chi connectivity index (χ4v) is 3.46. The molecule has 1 atom stereocenters. The number of fused-ring (bicyclic) bond motifs is 1. The van der Waals surface area contributed by atoms with E-state index in [9.17, 15) is 8.42 Å². The molecular formula is C17H18O4S. The number of aryl methyl sites for hydroxylation is 1. The van der Waals surface area contributed by atoms with Crippen LogP contribution in [0.4, 0.5) is 0 Å². The maximum absolute atomic E-state index is 12.1. The van der Waals surface area contributed by atoms with E-state index in [4.69, 9.17) is 8.92 Å². The first kappa shape index (κ1) is 15.1. The van der Waals surface area contributed by atoms with Crippen LogP contribution in [0.15, 0.2) is 53.4 Å². The summed E-state index contributed by atoms with van der Waals surface area (Å²) in [7, 11) is -3.69. The normalized spacial score (nSPS) is 17.0. The van der Waals surface area contributed by atoms with E-state index in [-0.39, 0.29) is 17.4 Å². The highest BCUT2D eigenvalue weighted by Gasteiger charge is 2.24. The molecule has 0 saturated heterocycles. The van der Waals surface area contributed by atoms with Gasteiger partial charge in [0.1, 0.15) is 5.75 Å². The van der Waals surface area contributed by atoms with Crippen LogP contribution < -0.4 is 4.74 Å². The van der Waals surface area contributed by atoms with Crippen molar-refractivity contribution in [1.29, 1.82) is 0 Å². The highest BCUT2D eigenvalue weighted by atomic mass is 32.2. The SMILES string of the molecule is Cc1ccc(S(=O)(=O)OCCC2COc3ccccc32)cc1. The van der Waals surface area contributed by atoms with Crippen LogP contribution in [0.3, 0.4) is 0 Å². The summed E-state index contributed by atoms with van der Waals surface area (Å²) in [6, 6.07) is 14.5. The van der Waals surface area contributed by atoms with Crippen molar-refractivity contribution in [2.24, 2.45) is 0 Å². The summed E-state index contributed by atoms with van der Waals surface area (Å²) >= 11 is 0. The molecule has 1 heterocycles. The Hall–Kier alpha value is -1.85. The molecule has 2 aromatic rings. The van der Waals surface area contributed by atoms with Gasteiger partial charge in [-0.3, -0.25) is 4.18 Å². The van der Waals surface area contributed by atoms with Gasteiger partial charge >= 0.3 is 0 Å². The van der Waals surface area contributed by atoms with Gasteiger partial charge in [0, 0.05) is 11.5 Å². The van der Waals surface area contributed by atoms with Crippen LogP contribution in [-0.4, -0.2) is 21.6 Å². The van der Waals surface area contributed by atoms with Gasteiger partial charge in [0.25, 0.3) is 10.1 Å². The van der Waals surface area contributed by atoms with Crippen molar-refractivity contribution in [3.8, 4) is 5.75 Å². The zero-order chi connectivity index (χ0) is 15.6. The maximum atomic E-state index is 12.1. The van der Waals surface area contributed by atoms with Gasteiger partial charge in [-0.15, -0.1) is 0 Å². The summed E-state index contributed by atoms with van der Waals surface area (Å²) < 4.78 is 35.0. The van der Waals surface area contributed by atoms with Gasteiger partial charge in [-0.25, -0.2) is 0 Å². The molecule has 4 nitrogen and oxygen atoms in total. The molecule has 0 spiro atoms. The van der Waals surface area contributed by atoms with Gasteiger partial charge in [-0.1, -0.05) is 35.9 Å². The lowest BCUT2D eigenvalue weighted by molar-refractivity contribution is 0.273. The van der Waals surface area contributed by atoms with Crippen LogP contribution in [-0.2, 0) is 14.3 Å². The summed E-state index contributed by atoms with van der Waals surface area (Å²) in [6.45, 7) is 2.64. The predicted octanol–water partition coefficient (Wildman–Crippen LogP) is 3.27. The van der Waals surface area contributed by atoms with Crippen molar-refractivity contribution in [1.82, 2.24) is 0 Å². The second-order valence-corrected chi connectivity index (χ2v) is 7.04. The van der Waals surface area contributed by atoms with E-state index in [1.807, 2.05) is 31.2 Å². The molecule has 5 heteroatoms. The van der Waals surface area contributed by atoms with Gasteiger partial charge in [0.2, 0.25) is 0 Å². The molecular weight excluding hydrogens is 300 g/mol. The first-order chi connectivity index (χ1) is 10.6. The molecule has 1 aliphatic rings. The molecule has 0 saturated carbocycles. The molecule has 0 fully saturated rings. The number of benzene rings is 2. The van der Waals surface area contributed by atoms with E-state index in [2.05, 4.69) is 0 Å². The minimum Gasteiger partial charge on any atom is -0.493 e. The highest BCUT2D eigenvalue weighted by molar-refractivity contribution is 7.86. The van der Waals surface area contributed by atoms with Crippen LogP contribution in [0, 0.1) is 6.92 Å². The second-order valence-electron chi connectivity index (χ2n) is 5.42. The van der Waals surface area contributed by atoms with Crippen LogP contribution >= 0.6 is 0 Å². The fraction of sp³-hybridized carbons (Fsp3) is 0.294. The molecule has 1 aliphatic heterocycles. The third kappa shape index (κ3) is 3.15. The van der Waals surface area contributed by atoms with Crippen molar-refractivity contribution in [3.05, 3.63) is 59.7 Å². The number of hydrogen-bond acceptors (Lipinski definition) is 4. The summed E-state index contributed by atoms with van der Waals surface area (Å²) in [5.74, 6) is 1.07. The molecule has 116 valence electrons. The Bertz CT molecular complexity index is 750. The van der Waals surface area contributed by atoms with Gasteiger partial charge in [-0.05, 0) is 31.5 Å². The fourth-order valence-electron chi connectivity index (χ4n) is 2.54. The topological polar surface area (TPSA) is 52.6 Å². The Morgan fingerprint density at radius 1 is 1.14 bits per heavy atom. The van der Waals surface area contributed by atoms with E-state index >= 15 is 0 Å². The lowest BCUT2D eigenvalue weighted by Gasteiger charge is -2.10. The van der Waals surface area contributed by atoms with Crippen LogP contribution in [0.25, 0.3) is 0 Å². The molecule has 2 aromatic carbocycles. The number of hydrogen-bond donors (Lipinski definition) is 0. The zero-order valence-corrected chi connectivity index (χ0v) is 13.2. The first-order valence-electron chi connectivity index (χ1n) is 7.24. The van der Waals surface area contributed by atoms with Crippen LogP contribution in [0.5, 0.6) is 5.75 Å². The van der Waals surface area contributed by atoms with Crippen molar-refractivity contribution < 1.29 is 17.3 Å². The Balaban J connectivity index is 1.60. The highest BCUT2D eigenvalue weighted by Crippen LogP contribution is 2.35. The Morgan fingerprint density at radius 2 is 1.86 bits per heavy atom. The van der Waals surface area contributed by atoms with E-state index in [1.54, 1.807) is 24.3 Å². The van der Waals surface area contributed by atoms with Crippen molar-refractivity contribution in [2.45, 2.75) is 24.2 Å². The maximum Gasteiger partial charge on any atom is 0.296 e. The van der Waals surface area contributed by atoms with Gasteiger partial charge < -0.3 is 4.74 Å². The molecule has 22 heavy (non-hydrogen) atoms. The lowest BCUT2D eigenvalue weighted by Crippen LogP contribution is -2.11. The summed E-state index contributed by atoms with van der Waals surface area (Å²) in [5, 5.41) is 0. The minimum atomic E-state index is -3.69. The zero-order valence-electron chi connectivity index (χ0n) is 12.4. The van der Waals surface area contributed by atoms with Crippen LogP contribution in [0.1, 0.15) is 23.5 Å². The average Bonchev–Trinajstić information content (AvgIpc) is 2.91. The lowest BCUT2D eigenvalue weighted by atomic mass is 9.99. The summed E-state index contributed by atoms with van der Waals surface area (Å²) in [6.07, 6.45) is 0.613. The van der Waals surface area contributed by atoms with Crippen molar-refractivity contribution >= 4 is 10.1 Å². The Labute approximate surface area is 130 Å². The van der Waals surface area contributed by atoms with Gasteiger partial charge in [-0.2, -0.15) is 8.42 Å². The predicted molar refractivity (Wildman–Crippen MR) is 83.6 cm³/mol. The molecule has 0 radical (unpaired) electrons. The smallest absolute Gasteiger partial charge is 0.296 e. The minimum absolute atomic E-state index is 0.151. The molecule has 0 bridgehead atoms. The third-order valence-electron chi connectivity index (χ3n) is 3.81. The molecule has 1 unspecified atom stereocenters. The number of rotatable bonds is 5. The molecule has 0 aromatic heterocycles. The Kier molecular flexibility index (Phi) is 4.18. The van der Waals surface area contributed by atoms with Gasteiger partial charge in [0.15, 0.2) is 0 Å². The average molecular weight is 318 g/mol. The Morgan fingerprint density at radius 3 is 2.64 bits per heavy atom. The molecule has 0 N–H and O–H groups in total. The number of ether oxygens (including phenoxy) is 1. The van der Waals surface area contributed by atoms with E-state index < -0.39 is 10.1 Å². The largest absolute Gasteiger partial charge is 0.493 e. The van der Waals surface area contributed by atoms with E-state index in [0.717, 1.165) is 16.9 Å². The quantitative estimate of drug-likeness (QED) is 0.794. The van der Waals surface area contributed by atoms with Gasteiger partial charge in [0.05, 0.1) is 18.1 Å². The van der Waals surface area contributed by atoms with E-state index in [1.165, 1.54) is 0 Å². The first-order valence-corrected chi connectivity index (χ1v) is 8.65. The summed E-state index contributed by atoms with van der Waals surface area (Å²) in [5.41, 5.74) is 2.14. The van der Waals surface area contributed by atoms with E-state index in [0.29, 0.717) is 13.0 Å². The molecule has 0 aliphatic carbocycles. The second kappa shape index (κ2) is 6.10. The third-order valence-corrected chi connectivity index (χ3v) is 5.14. The molecule has 3 rings (SSSR count).